The first-order valence-corrected chi connectivity index (χ1v) is 8.63. The summed E-state index contributed by atoms with van der Waals surface area (Å²) in [6, 6.07) is 6.63. The molecule has 6 heteroatoms. The molecule has 1 saturated carbocycles. The maximum absolute atomic E-state index is 5.90. The maximum Gasteiger partial charge on any atom is 0.161 e. The molecule has 1 atom stereocenters. The largest absolute Gasteiger partial charge is 0.374 e. The summed E-state index contributed by atoms with van der Waals surface area (Å²) in [6.45, 7) is 5.67. The predicted molar refractivity (Wildman–Crippen MR) is 92.8 cm³/mol. The fraction of sp³-hybridized carbons (Fsp3) is 0.500. The van der Waals surface area contributed by atoms with Gasteiger partial charge in [-0.2, -0.15) is 0 Å². The fourth-order valence-corrected chi connectivity index (χ4v) is 3.14. The van der Waals surface area contributed by atoms with E-state index in [1.54, 1.807) is 12.4 Å². The predicted octanol–water partition coefficient (Wildman–Crippen LogP) is 2.12. The van der Waals surface area contributed by atoms with Crippen molar-refractivity contribution in [2.75, 3.05) is 31.6 Å². The molecule has 0 amide bonds. The number of morpholine rings is 1. The van der Waals surface area contributed by atoms with Crippen molar-refractivity contribution in [2.45, 2.75) is 31.9 Å². The minimum absolute atomic E-state index is 0.221. The Morgan fingerprint density at radius 3 is 2.88 bits per heavy atom. The van der Waals surface area contributed by atoms with Gasteiger partial charge in [0.2, 0.25) is 0 Å². The van der Waals surface area contributed by atoms with Gasteiger partial charge in [0.15, 0.2) is 5.82 Å². The molecule has 1 saturated heterocycles. The van der Waals surface area contributed by atoms with E-state index in [2.05, 4.69) is 25.2 Å². The second kappa shape index (κ2) is 6.83. The molecule has 0 spiro atoms. The third kappa shape index (κ3) is 3.71. The summed E-state index contributed by atoms with van der Waals surface area (Å²) >= 11 is 0. The number of anilines is 1. The molecule has 2 aromatic heterocycles. The molecule has 6 nitrogen and oxygen atoms in total. The van der Waals surface area contributed by atoms with Crippen LogP contribution in [0.15, 0.2) is 30.6 Å². The zero-order valence-corrected chi connectivity index (χ0v) is 14.0. The van der Waals surface area contributed by atoms with Crippen molar-refractivity contribution in [3.63, 3.8) is 0 Å². The van der Waals surface area contributed by atoms with Gasteiger partial charge in [0.25, 0.3) is 0 Å². The number of nitrogens with one attached hydrogen (secondary N) is 1. The average molecular weight is 325 g/mol. The first kappa shape index (κ1) is 15.5. The maximum atomic E-state index is 5.90. The van der Waals surface area contributed by atoms with Crippen LogP contribution in [0.3, 0.4) is 0 Å². The molecule has 4 rings (SSSR count). The van der Waals surface area contributed by atoms with E-state index in [0.717, 1.165) is 55.2 Å². The summed E-state index contributed by atoms with van der Waals surface area (Å²) in [5.41, 5.74) is 1.93. The molecular weight excluding hydrogens is 302 g/mol. The van der Waals surface area contributed by atoms with Crippen LogP contribution in [0.1, 0.15) is 18.5 Å². The molecule has 126 valence electrons. The van der Waals surface area contributed by atoms with Crippen LogP contribution in [-0.2, 0) is 4.74 Å². The van der Waals surface area contributed by atoms with Crippen molar-refractivity contribution in [1.82, 2.24) is 19.9 Å². The van der Waals surface area contributed by atoms with E-state index in [1.807, 2.05) is 25.1 Å². The van der Waals surface area contributed by atoms with Crippen molar-refractivity contribution < 1.29 is 4.74 Å². The van der Waals surface area contributed by atoms with Gasteiger partial charge >= 0.3 is 0 Å². The van der Waals surface area contributed by atoms with Gasteiger partial charge in [0, 0.05) is 55.4 Å². The van der Waals surface area contributed by atoms with Gasteiger partial charge in [-0.25, -0.2) is 9.97 Å². The van der Waals surface area contributed by atoms with Crippen molar-refractivity contribution in [3.8, 4) is 11.4 Å². The molecule has 1 aliphatic carbocycles. The third-order valence-corrected chi connectivity index (χ3v) is 4.54. The first-order chi connectivity index (χ1) is 11.8. The lowest BCUT2D eigenvalue weighted by molar-refractivity contribution is -0.0241. The van der Waals surface area contributed by atoms with E-state index < -0.39 is 0 Å². The van der Waals surface area contributed by atoms with Gasteiger partial charge < -0.3 is 10.1 Å². The lowest BCUT2D eigenvalue weighted by atomic mass is 10.2. The second-order valence-electron chi connectivity index (χ2n) is 6.55. The van der Waals surface area contributed by atoms with E-state index in [0.29, 0.717) is 0 Å². The van der Waals surface area contributed by atoms with Gasteiger partial charge in [-0.1, -0.05) is 0 Å². The topological polar surface area (TPSA) is 63.2 Å². The minimum Gasteiger partial charge on any atom is -0.374 e. The molecule has 0 bridgehead atoms. The molecule has 1 aliphatic heterocycles. The summed E-state index contributed by atoms with van der Waals surface area (Å²) in [5, 5.41) is 3.43. The van der Waals surface area contributed by atoms with Crippen LogP contribution >= 0.6 is 0 Å². The standard InChI is InChI=1S/C18H23N5O/c1-13-10-17(22-18(21-13)14-4-6-19-7-5-14)20-11-16-12-23(8-9-24-16)15-2-3-15/h4-7,10,15-16H,2-3,8-9,11-12H2,1H3,(H,20,21,22). The number of aromatic nitrogens is 3. The Bertz CT molecular complexity index is 689. The van der Waals surface area contributed by atoms with Gasteiger partial charge in [0.05, 0.1) is 12.7 Å². The summed E-state index contributed by atoms with van der Waals surface area (Å²) in [5.74, 6) is 1.57. The Balaban J connectivity index is 1.42. The number of nitrogens with zero attached hydrogens (tertiary/aromatic N) is 4. The Labute approximate surface area is 142 Å². The van der Waals surface area contributed by atoms with Crippen LogP contribution in [0.4, 0.5) is 5.82 Å². The normalized spacial score (nSPS) is 21.6. The fourth-order valence-electron chi connectivity index (χ4n) is 3.14. The van der Waals surface area contributed by atoms with Crippen LogP contribution in [0, 0.1) is 6.92 Å². The van der Waals surface area contributed by atoms with Crippen molar-refractivity contribution >= 4 is 5.82 Å². The second-order valence-corrected chi connectivity index (χ2v) is 6.55. The highest BCUT2D eigenvalue weighted by Crippen LogP contribution is 2.28. The third-order valence-electron chi connectivity index (χ3n) is 4.54. The molecule has 1 N–H and O–H groups in total. The zero-order valence-electron chi connectivity index (χ0n) is 14.0. The molecule has 2 aromatic rings. The number of ether oxygens (including phenoxy) is 1. The van der Waals surface area contributed by atoms with Crippen LogP contribution in [-0.4, -0.2) is 58.2 Å². The van der Waals surface area contributed by atoms with Crippen LogP contribution in [0.5, 0.6) is 0 Å². The highest BCUT2D eigenvalue weighted by molar-refractivity contribution is 5.56. The van der Waals surface area contributed by atoms with E-state index >= 15 is 0 Å². The smallest absolute Gasteiger partial charge is 0.161 e. The number of hydrogen-bond donors (Lipinski definition) is 1. The molecule has 2 fully saturated rings. The Morgan fingerprint density at radius 1 is 1.25 bits per heavy atom. The van der Waals surface area contributed by atoms with E-state index in [9.17, 15) is 0 Å². The number of hydrogen-bond acceptors (Lipinski definition) is 6. The van der Waals surface area contributed by atoms with Gasteiger partial charge in [-0.05, 0) is 31.9 Å². The molecule has 0 radical (unpaired) electrons. The van der Waals surface area contributed by atoms with Crippen LogP contribution in [0.25, 0.3) is 11.4 Å². The monoisotopic (exact) mass is 325 g/mol. The van der Waals surface area contributed by atoms with Crippen molar-refractivity contribution in [1.29, 1.82) is 0 Å². The Kier molecular flexibility index (Phi) is 4.40. The van der Waals surface area contributed by atoms with Gasteiger partial charge in [0.1, 0.15) is 5.82 Å². The number of aryl methyl sites for hydroxylation is 1. The highest BCUT2D eigenvalue weighted by atomic mass is 16.5. The molecule has 3 heterocycles. The van der Waals surface area contributed by atoms with E-state index in [4.69, 9.17) is 4.74 Å². The molecular formula is C18H23N5O. The molecule has 24 heavy (non-hydrogen) atoms. The Morgan fingerprint density at radius 2 is 2.08 bits per heavy atom. The minimum atomic E-state index is 0.221. The van der Waals surface area contributed by atoms with E-state index in [-0.39, 0.29) is 6.10 Å². The molecule has 0 aromatic carbocycles. The van der Waals surface area contributed by atoms with Crippen LogP contribution in [0.2, 0.25) is 0 Å². The Hall–Kier alpha value is -2.05. The zero-order chi connectivity index (χ0) is 16.4. The van der Waals surface area contributed by atoms with Crippen molar-refractivity contribution in [2.24, 2.45) is 0 Å². The first-order valence-electron chi connectivity index (χ1n) is 8.63. The summed E-state index contributed by atoms with van der Waals surface area (Å²) in [7, 11) is 0. The molecule has 2 aliphatic rings. The quantitative estimate of drug-likeness (QED) is 0.908. The molecule has 1 unspecified atom stereocenters. The average Bonchev–Trinajstić information content (AvgIpc) is 3.46. The summed E-state index contributed by atoms with van der Waals surface area (Å²) < 4.78 is 5.90. The lowest BCUT2D eigenvalue weighted by Gasteiger charge is -2.33. The number of rotatable bonds is 5. The summed E-state index contributed by atoms with van der Waals surface area (Å²) in [4.78, 5) is 15.8. The van der Waals surface area contributed by atoms with Gasteiger partial charge in [-0.15, -0.1) is 0 Å². The van der Waals surface area contributed by atoms with Crippen LogP contribution < -0.4 is 5.32 Å². The lowest BCUT2D eigenvalue weighted by Crippen LogP contribution is -2.46. The van der Waals surface area contributed by atoms with E-state index in [1.165, 1.54) is 12.8 Å². The van der Waals surface area contributed by atoms with Crippen molar-refractivity contribution in [3.05, 3.63) is 36.3 Å². The summed E-state index contributed by atoms with van der Waals surface area (Å²) in [6.07, 6.45) is 6.44. The van der Waals surface area contributed by atoms with Gasteiger partial charge in [-0.3, -0.25) is 9.88 Å². The SMILES string of the molecule is Cc1cc(NCC2CN(C3CC3)CCO2)nc(-c2ccncc2)n1. The number of pyridine rings is 1. The highest BCUT2D eigenvalue weighted by Gasteiger charge is 2.32.